The second kappa shape index (κ2) is 10.1. The van der Waals surface area contributed by atoms with Gasteiger partial charge in [-0.3, -0.25) is 4.79 Å². The van der Waals surface area contributed by atoms with Crippen molar-refractivity contribution in [3.8, 4) is 11.5 Å². The lowest BCUT2D eigenvalue weighted by atomic mass is 10.2. The number of hydrogen-bond donors (Lipinski definition) is 2. The Balaban J connectivity index is 1.68. The minimum atomic E-state index is -1.05. The van der Waals surface area contributed by atoms with Crippen LogP contribution in [-0.2, 0) is 4.79 Å². The number of halogens is 2. The molecule has 3 aromatic rings. The number of carbonyl (C=O) groups is 2. The number of aliphatic carboxylic acids is 1. The van der Waals surface area contributed by atoms with Crippen LogP contribution in [0.4, 0.5) is 0 Å². The van der Waals surface area contributed by atoms with E-state index >= 15 is 0 Å². The summed E-state index contributed by atoms with van der Waals surface area (Å²) in [5.74, 6) is -0.192. The number of carbonyl (C=O) groups excluding carboxylic acids is 1. The molecule has 0 aliphatic heterocycles. The van der Waals surface area contributed by atoms with Gasteiger partial charge in [0, 0.05) is 5.39 Å². The fraction of sp³-hybridized carbons (Fsp3) is 0.150. The Morgan fingerprint density at radius 1 is 1.17 bits per heavy atom. The second-order valence-corrected chi connectivity index (χ2v) is 8.26. The molecule has 0 bridgehead atoms. The number of hydrazone groups is 1. The summed E-state index contributed by atoms with van der Waals surface area (Å²) in [6.45, 7) is 2.03. The van der Waals surface area contributed by atoms with Gasteiger partial charge >= 0.3 is 11.9 Å². The summed E-state index contributed by atoms with van der Waals surface area (Å²) in [4.78, 5) is 23.0. The standard InChI is InChI=1S/C20H16I2N2O6/c1-2-28-13-3-4-16-12(7-13)8-17(30-16)20(27)24-23-9-11-5-14(21)19(15(22)6-11)29-10-18(25)26/h3-9H,2,10H2,1H3,(H,24,27)(H,25,26)/b23-9+. The molecule has 0 aliphatic carbocycles. The van der Waals surface area contributed by atoms with E-state index in [1.54, 1.807) is 36.4 Å². The van der Waals surface area contributed by atoms with Crippen molar-refractivity contribution in [3.05, 3.63) is 54.9 Å². The van der Waals surface area contributed by atoms with Crippen molar-refractivity contribution >= 4 is 74.2 Å². The Morgan fingerprint density at radius 3 is 2.57 bits per heavy atom. The van der Waals surface area contributed by atoms with Gasteiger partial charge in [0.2, 0.25) is 0 Å². The van der Waals surface area contributed by atoms with Crippen LogP contribution in [0, 0.1) is 7.14 Å². The maximum Gasteiger partial charge on any atom is 0.341 e. The van der Waals surface area contributed by atoms with Crippen LogP contribution in [0.1, 0.15) is 23.0 Å². The fourth-order valence-corrected chi connectivity index (χ4v) is 4.66. The topological polar surface area (TPSA) is 110 Å². The van der Waals surface area contributed by atoms with Crippen LogP contribution in [0.25, 0.3) is 11.0 Å². The van der Waals surface area contributed by atoms with E-state index in [1.165, 1.54) is 6.21 Å². The van der Waals surface area contributed by atoms with Crippen LogP contribution >= 0.6 is 45.2 Å². The summed E-state index contributed by atoms with van der Waals surface area (Å²) in [5.41, 5.74) is 3.73. The van der Waals surface area contributed by atoms with Gasteiger partial charge in [-0.25, -0.2) is 10.2 Å². The first kappa shape index (κ1) is 22.3. The van der Waals surface area contributed by atoms with Gasteiger partial charge in [-0.15, -0.1) is 0 Å². The number of carboxylic acids is 1. The number of hydrogen-bond acceptors (Lipinski definition) is 6. The van der Waals surface area contributed by atoms with Crippen molar-refractivity contribution in [1.82, 2.24) is 5.43 Å². The van der Waals surface area contributed by atoms with Crippen molar-refractivity contribution in [2.45, 2.75) is 6.92 Å². The summed E-state index contributed by atoms with van der Waals surface area (Å²) >= 11 is 4.10. The molecule has 2 N–H and O–H groups in total. The average Bonchev–Trinajstić information content (AvgIpc) is 3.11. The lowest BCUT2D eigenvalue weighted by molar-refractivity contribution is -0.139. The average molecular weight is 634 g/mol. The number of amides is 1. The quantitative estimate of drug-likeness (QED) is 0.218. The highest BCUT2D eigenvalue weighted by Crippen LogP contribution is 2.28. The predicted molar refractivity (Wildman–Crippen MR) is 127 cm³/mol. The number of rotatable bonds is 8. The molecule has 0 aliphatic rings. The molecule has 30 heavy (non-hydrogen) atoms. The van der Waals surface area contributed by atoms with Gasteiger partial charge in [0.25, 0.3) is 0 Å². The molecule has 2 aromatic carbocycles. The zero-order chi connectivity index (χ0) is 21.7. The van der Waals surface area contributed by atoms with Gasteiger partial charge in [0.05, 0.1) is 20.0 Å². The van der Waals surface area contributed by atoms with Crippen LogP contribution in [0.15, 0.2) is 45.9 Å². The summed E-state index contributed by atoms with van der Waals surface area (Å²) in [6, 6.07) is 10.5. The number of fused-ring (bicyclic) bond motifs is 1. The molecule has 8 nitrogen and oxygen atoms in total. The van der Waals surface area contributed by atoms with E-state index in [0.29, 0.717) is 23.7 Å². The Morgan fingerprint density at radius 2 is 1.90 bits per heavy atom. The van der Waals surface area contributed by atoms with Crippen LogP contribution in [-0.4, -0.2) is 36.4 Å². The third-order valence-corrected chi connectivity index (χ3v) is 5.37. The SMILES string of the molecule is CCOc1ccc2oc(C(=O)N/N=C/c3cc(I)c(OCC(=O)O)c(I)c3)cc2c1. The van der Waals surface area contributed by atoms with E-state index in [9.17, 15) is 9.59 Å². The maximum atomic E-state index is 12.3. The first-order valence-corrected chi connectivity index (χ1v) is 10.9. The molecule has 0 radical (unpaired) electrons. The van der Waals surface area contributed by atoms with Crippen LogP contribution in [0.5, 0.6) is 11.5 Å². The largest absolute Gasteiger partial charge is 0.494 e. The van der Waals surface area contributed by atoms with Crippen molar-refractivity contribution in [1.29, 1.82) is 0 Å². The predicted octanol–water partition coefficient (Wildman–Crippen LogP) is 4.27. The summed E-state index contributed by atoms with van der Waals surface area (Å²) in [6.07, 6.45) is 1.49. The maximum absolute atomic E-state index is 12.3. The Kier molecular flexibility index (Phi) is 7.53. The van der Waals surface area contributed by atoms with E-state index in [0.717, 1.165) is 18.1 Å². The Hall–Kier alpha value is -2.35. The number of furan rings is 1. The first-order chi connectivity index (χ1) is 14.4. The molecular formula is C20H16I2N2O6. The number of carboxylic acid groups (broad SMARTS) is 1. The van der Waals surface area contributed by atoms with E-state index in [1.807, 2.05) is 6.92 Å². The number of benzene rings is 2. The molecule has 0 saturated heterocycles. The summed E-state index contributed by atoms with van der Waals surface area (Å²) in [5, 5.41) is 13.5. The van der Waals surface area contributed by atoms with Gasteiger partial charge in [-0.1, -0.05) is 0 Å². The molecule has 0 atom stereocenters. The van der Waals surface area contributed by atoms with Crippen molar-refractivity contribution in [2.75, 3.05) is 13.2 Å². The van der Waals surface area contributed by atoms with Gasteiger partial charge in [0.15, 0.2) is 12.4 Å². The van der Waals surface area contributed by atoms with E-state index in [-0.39, 0.29) is 5.76 Å². The number of ether oxygens (including phenoxy) is 2. The van der Waals surface area contributed by atoms with Crippen molar-refractivity contribution < 1.29 is 28.6 Å². The molecule has 0 spiro atoms. The molecule has 0 fully saturated rings. The molecular weight excluding hydrogens is 618 g/mol. The normalized spacial score (nSPS) is 11.0. The van der Waals surface area contributed by atoms with E-state index < -0.39 is 18.5 Å². The third-order valence-electron chi connectivity index (χ3n) is 3.76. The highest BCUT2D eigenvalue weighted by Gasteiger charge is 2.13. The number of nitrogens with one attached hydrogen (secondary N) is 1. The van der Waals surface area contributed by atoms with Gasteiger partial charge in [-0.2, -0.15) is 5.10 Å². The smallest absolute Gasteiger partial charge is 0.341 e. The monoisotopic (exact) mass is 634 g/mol. The van der Waals surface area contributed by atoms with Crippen molar-refractivity contribution in [3.63, 3.8) is 0 Å². The zero-order valence-electron chi connectivity index (χ0n) is 15.6. The molecule has 0 unspecified atom stereocenters. The fourth-order valence-electron chi connectivity index (χ4n) is 2.54. The zero-order valence-corrected chi connectivity index (χ0v) is 20.0. The lowest BCUT2D eigenvalue weighted by Crippen LogP contribution is -2.16. The Labute approximate surface area is 198 Å². The molecule has 3 rings (SSSR count). The highest BCUT2D eigenvalue weighted by atomic mass is 127. The Bertz CT molecular complexity index is 1100. The molecule has 10 heteroatoms. The first-order valence-electron chi connectivity index (χ1n) is 8.70. The van der Waals surface area contributed by atoms with Crippen LogP contribution in [0.3, 0.4) is 0 Å². The third kappa shape index (κ3) is 5.62. The van der Waals surface area contributed by atoms with E-state index in [2.05, 4.69) is 55.7 Å². The molecule has 0 saturated carbocycles. The molecule has 1 amide bonds. The second-order valence-electron chi connectivity index (χ2n) is 5.94. The highest BCUT2D eigenvalue weighted by molar-refractivity contribution is 14.1. The van der Waals surface area contributed by atoms with Gasteiger partial charge < -0.3 is 19.0 Å². The van der Waals surface area contributed by atoms with E-state index in [4.69, 9.17) is 19.0 Å². The molecule has 1 aromatic heterocycles. The van der Waals surface area contributed by atoms with Crippen molar-refractivity contribution in [2.24, 2.45) is 5.10 Å². The minimum absolute atomic E-state index is 0.136. The molecule has 156 valence electrons. The minimum Gasteiger partial charge on any atom is -0.494 e. The summed E-state index contributed by atoms with van der Waals surface area (Å²) in [7, 11) is 0. The molecule has 1 heterocycles. The van der Waals surface area contributed by atoms with Gasteiger partial charge in [-0.05, 0) is 94.1 Å². The lowest BCUT2D eigenvalue weighted by Gasteiger charge is -2.09. The van der Waals surface area contributed by atoms with Gasteiger partial charge in [0.1, 0.15) is 17.1 Å². The number of nitrogens with zero attached hydrogens (tertiary/aromatic N) is 1. The van der Waals surface area contributed by atoms with Crippen LogP contribution < -0.4 is 14.9 Å². The van der Waals surface area contributed by atoms with Crippen LogP contribution in [0.2, 0.25) is 0 Å². The summed E-state index contributed by atoms with van der Waals surface area (Å²) < 4.78 is 17.8.